The molecule has 20 heavy (non-hydrogen) atoms. The number of rotatable bonds is 4. The number of hydrazine groups is 1. The van der Waals surface area contributed by atoms with Crippen LogP contribution in [0.15, 0.2) is 0 Å². The Kier molecular flexibility index (Phi) is 4.39. The normalized spacial score (nSPS) is 23.6. The summed E-state index contributed by atoms with van der Waals surface area (Å²) < 4.78 is 0. The molecule has 1 saturated heterocycles. The summed E-state index contributed by atoms with van der Waals surface area (Å²) in [6.45, 7) is 5.61. The molecule has 0 spiro atoms. The first-order chi connectivity index (χ1) is 9.40. The fourth-order valence-corrected chi connectivity index (χ4v) is 3.36. The first-order valence-electron chi connectivity index (χ1n) is 6.70. The summed E-state index contributed by atoms with van der Waals surface area (Å²) in [5.74, 6) is -1.44. The maximum absolute atomic E-state index is 11.5. The Morgan fingerprint density at radius 1 is 1.35 bits per heavy atom. The highest BCUT2D eigenvalue weighted by Crippen LogP contribution is 2.28. The van der Waals surface area contributed by atoms with E-state index >= 15 is 0 Å². The largest absolute Gasteiger partial charge is 0.476 e. The predicted molar refractivity (Wildman–Crippen MR) is 77.3 cm³/mol. The summed E-state index contributed by atoms with van der Waals surface area (Å²) in [5.41, 5.74) is 3.01. The fraction of sp³-hybridized carbons (Fsp3) is 0.615. The molecule has 7 heteroatoms. The molecule has 1 aliphatic heterocycles. The average Bonchev–Trinajstić information content (AvgIpc) is 2.78. The third-order valence-corrected chi connectivity index (χ3v) is 4.63. The van der Waals surface area contributed by atoms with Crippen LogP contribution in [0.2, 0.25) is 0 Å². The van der Waals surface area contributed by atoms with E-state index in [1.165, 1.54) is 13.3 Å². The molecular formula is C13H19N3O3S. The van der Waals surface area contributed by atoms with Gasteiger partial charge < -0.3 is 5.11 Å². The number of carboxylic acid groups (broad SMARTS) is 1. The minimum Gasteiger partial charge on any atom is -0.476 e. The molecule has 2 atom stereocenters. The van der Waals surface area contributed by atoms with E-state index in [0.717, 1.165) is 24.2 Å². The fourth-order valence-electron chi connectivity index (χ4n) is 2.50. The number of Topliss-reactive ketones (excluding diaryl/α,β-unsaturated/α-hetero) is 1. The highest BCUT2D eigenvalue weighted by atomic mass is 32.1. The zero-order valence-electron chi connectivity index (χ0n) is 11.8. The summed E-state index contributed by atoms with van der Waals surface area (Å²) in [6, 6.07) is 0.716. The van der Waals surface area contributed by atoms with Gasteiger partial charge in [-0.05, 0) is 26.7 Å². The van der Waals surface area contributed by atoms with E-state index in [1.807, 2.05) is 0 Å². The smallest absolute Gasteiger partial charge is 0.356 e. The van der Waals surface area contributed by atoms with Crippen LogP contribution in [-0.4, -0.2) is 38.9 Å². The zero-order valence-corrected chi connectivity index (χ0v) is 12.7. The van der Waals surface area contributed by atoms with Gasteiger partial charge in [-0.1, -0.05) is 17.8 Å². The molecule has 1 aliphatic rings. The van der Waals surface area contributed by atoms with Gasteiger partial charge in [-0.15, -0.1) is 0 Å². The Morgan fingerprint density at radius 3 is 2.40 bits per heavy atom. The quantitative estimate of drug-likeness (QED) is 0.831. The minimum atomic E-state index is -1.17. The van der Waals surface area contributed by atoms with E-state index in [-0.39, 0.29) is 16.4 Å². The van der Waals surface area contributed by atoms with Gasteiger partial charge in [0.25, 0.3) is 0 Å². The third-order valence-electron chi connectivity index (χ3n) is 3.57. The summed E-state index contributed by atoms with van der Waals surface area (Å²) in [4.78, 5) is 26.8. The highest BCUT2D eigenvalue weighted by molar-refractivity contribution is 7.17. The number of thiazole rings is 1. The number of aromatic carboxylic acids is 1. The molecule has 110 valence electrons. The van der Waals surface area contributed by atoms with Gasteiger partial charge in [-0.25, -0.2) is 14.8 Å². The third kappa shape index (κ3) is 2.99. The number of carboxylic acids is 1. The summed E-state index contributed by atoms with van der Waals surface area (Å²) in [7, 11) is 0. The number of carbonyl (C=O) groups excluding carboxylic acids is 1. The molecule has 2 heterocycles. The summed E-state index contributed by atoms with van der Waals surface area (Å²) in [5, 5.41) is 11.6. The Morgan fingerprint density at radius 2 is 1.95 bits per heavy atom. The lowest BCUT2D eigenvalue weighted by molar-refractivity contribution is 0.0687. The molecule has 0 saturated carbocycles. The maximum Gasteiger partial charge on any atom is 0.356 e. The van der Waals surface area contributed by atoms with E-state index in [2.05, 4.69) is 29.3 Å². The lowest BCUT2D eigenvalue weighted by Crippen LogP contribution is -2.47. The van der Waals surface area contributed by atoms with Crippen molar-refractivity contribution in [2.45, 2.75) is 52.1 Å². The van der Waals surface area contributed by atoms with Crippen LogP contribution < -0.4 is 5.43 Å². The number of nitrogens with one attached hydrogen (secondary N) is 1. The van der Waals surface area contributed by atoms with Crippen LogP contribution in [0, 0.1) is 0 Å². The van der Waals surface area contributed by atoms with Crippen LogP contribution in [0.1, 0.15) is 60.2 Å². The first kappa shape index (κ1) is 14.9. The maximum atomic E-state index is 11.5. The van der Waals surface area contributed by atoms with Crippen molar-refractivity contribution >= 4 is 28.2 Å². The molecule has 0 bridgehead atoms. The second kappa shape index (κ2) is 5.88. The van der Waals surface area contributed by atoms with Gasteiger partial charge in [0.05, 0.1) is 0 Å². The van der Waals surface area contributed by atoms with Gasteiger partial charge in [-0.2, -0.15) is 0 Å². The van der Waals surface area contributed by atoms with Gasteiger partial charge in [-0.3, -0.25) is 10.2 Å². The van der Waals surface area contributed by atoms with Gasteiger partial charge in [0.1, 0.15) is 4.88 Å². The van der Waals surface area contributed by atoms with E-state index in [1.54, 1.807) is 0 Å². The molecule has 0 amide bonds. The van der Waals surface area contributed by atoms with Crippen molar-refractivity contribution in [1.29, 1.82) is 0 Å². The Bertz CT molecular complexity index is 487. The number of aromatic nitrogens is 1. The monoisotopic (exact) mass is 297 g/mol. The van der Waals surface area contributed by atoms with Crippen molar-refractivity contribution in [2.75, 3.05) is 5.43 Å². The van der Waals surface area contributed by atoms with Gasteiger partial charge >= 0.3 is 5.97 Å². The van der Waals surface area contributed by atoms with E-state index in [4.69, 9.17) is 5.11 Å². The van der Waals surface area contributed by atoms with Gasteiger partial charge in [0.2, 0.25) is 0 Å². The topological polar surface area (TPSA) is 82.5 Å². The van der Waals surface area contributed by atoms with E-state index < -0.39 is 5.97 Å². The number of hydrogen-bond acceptors (Lipinski definition) is 6. The number of nitrogens with zero attached hydrogens (tertiary/aromatic N) is 2. The van der Waals surface area contributed by atoms with Gasteiger partial charge in [0, 0.05) is 19.0 Å². The van der Waals surface area contributed by atoms with Crippen LogP contribution >= 0.6 is 11.3 Å². The van der Waals surface area contributed by atoms with Crippen molar-refractivity contribution in [3.63, 3.8) is 0 Å². The molecule has 1 aromatic heterocycles. The molecule has 0 aromatic carbocycles. The van der Waals surface area contributed by atoms with Crippen LogP contribution in [0.25, 0.3) is 0 Å². The van der Waals surface area contributed by atoms with Crippen molar-refractivity contribution in [3.05, 3.63) is 10.6 Å². The van der Waals surface area contributed by atoms with Gasteiger partial charge in [0.15, 0.2) is 16.6 Å². The number of piperidine rings is 1. The number of hydrogen-bond donors (Lipinski definition) is 2. The molecule has 2 rings (SSSR count). The minimum absolute atomic E-state index is 0.165. The lowest BCUT2D eigenvalue weighted by atomic mass is 10.00. The van der Waals surface area contributed by atoms with Crippen molar-refractivity contribution in [3.8, 4) is 0 Å². The molecule has 6 nitrogen and oxygen atoms in total. The standard InChI is InChI=1S/C13H19N3O3S/c1-7-5-4-6-8(2)16(7)15-13-14-10(12(18)19)11(20-13)9(3)17/h7-8H,4-6H2,1-3H3,(H,14,15)(H,18,19). The predicted octanol–water partition coefficient (Wildman–Crippen LogP) is 2.63. The van der Waals surface area contributed by atoms with Crippen LogP contribution in [0.4, 0.5) is 5.13 Å². The van der Waals surface area contributed by atoms with Crippen LogP contribution in [0.5, 0.6) is 0 Å². The number of carbonyl (C=O) groups is 2. The molecule has 1 fully saturated rings. The Balaban J connectivity index is 2.23. The summed E-state index contributed by atoms with van der Waals surface area (Å²) in [6.07, 6.45) is 3.37. The number of anilines is 1. The van der Waals surface area contributed by atoms with Crippen molar-refractivity contribution in [2.24, 2.45) is 0 Å². The molecule has 0 radical (unpaired) electrons. The lowest BCUT2D eigenvalue weighted by Gasteiger charge is -2.38. The Hall–Kier alpha value is -1.47. The average molecular weight is 297 g/mol. The second-order valence-corrected chi connectivity index (χ2v) is 6.21. The first-order valence-corrected chi connectivity index (χ1v) is 7.52. The summed E-state index contributed by atoms with van der Waals surface area (Å²) >= 11 is 1.10. The molecule has 1 aromatic rings. The van der Waals surface area contributed by atoms with Crippen LogP contribution in [-0.2, 0) is 0 Å². The molecule has 2 N–H and O–H groups in total. The zero-order chi connectivity index (χ0) is 14.9. The van der Waals surface area contributed by atoms with Crippen molar-refractivity contribution in [1.82, 2.24) is 9.99 Å². The SMILES string of the molecule is CC(=O)c1sc(NN2C(C)CCCC2C)nc1C(=O)O. The van der Waals surface area contributed by atoms with Crippen molar-refractivity contribution < 1.29 is 14.7 Å². The molecular weight excluding hydrogens is 278 g/mol. The molecule has 2 unspecified atom stereocenters. The Labute approximate surface area is 121 Å². The molecule has 0 aliphatic carbocycles. The van der Waals surface area contributed by atoms with E-state index in [0.29, 0.717) is 17.2 Å². The highest BCUT2D eigenvalue weighted by Gasteiger charge is 2.27. The second-order valence-electron chi connectivity index (χ2n) is 5.21. The van der Waals surface area contributed by atoms with Crippen LogP contribution in [0.3, 0.4) is 0 Å². The number of ketones is 1. The van der Waals surface area contributed by atoms with E-state index in [9.17, 15) is 9.59 Å².